The minimum atomic E-state index is 0.250. The summed E-state index contributed by atoms with van der Waals surface area (Å²) in [6.07, 6.45) is 1.01. The number of aryl methyl sites for hydroxylation is 1. The molecule has 0 fully saturated rings. The van der Waals surface area contributed by atoms with Crippen LogP contribution < -0.4 is 11.1 Å². The highest BCUT2D eigenvalue weighted by atomic mass is 14.9. The largest absolute Gasteiger partial charge is 0.383 e. The van der Waals surface area contributed by atoms with Crippen LogP contribution in [0.4, 0.5) is 5.69 Å². The summed E-state index contributed by atoms with van der Waals surface area (Å²) in [7, 11) is 0. The summed E-state index contributed by atoms with van der Waals surface area (Å²) in [5.74, 6) is 0. The second-order valence-corrected chi connectivity index (χ2v) is 3.36. The highest BCUT2D eigenvalue weighted by Gasteiger charge is 1.99. The van der Waals surface area contributed by atoms with Crippen LogP contribution in [0.25, 0.3) is 0 Å². The van der Waals surface area contributed by atoms with Gasteiger partial charge in [0, 0.05) is 18.3 Å². The van der Waals surface area contributed by atoms with Crippen LogP contribution in [0, 0.1) is 6.92 Å². The Labute approximate surface area is 80.1 Å². The van der Waals surface area contributed by atoms with Gasteiger partial charge in [0.25, 0.3) is 0 Å². The van der Waals surface area contributed by atoms with Crippen molar-refractivity contribution in [3.05, 3.63) is 29.8 Å². The third kappa shape index (κ3) is 3.07. The Kier molecular flexibility index (Phi) is 3.77. The van der Waals surface area contributed by atoms with E-state index in [0.29, 0.717) is 0 Å². The van der Waals surface area contributed by atoms with Crippen molar-refractivity contribution in [1.29, 1.82) is 0 Å². The first-order valence-corrected chi connectivity index (χ1v) is 4.79. The highest BCUT2D eigenvalue weighted by molar-refractivity contribution is 5.50. The van der Waals surface area contributed by atoms with E-state index >= 15 is 0 Å². The minimum absolute atomic E-state index is 0.250. The van der Waals surface area contributed by atoms with Crippen molar-refractivity contribution in [2.24, 2.45) is 5.73 Å². The Morgan fingerprint density at radius 3 is 2.69 bits per heavy atom. The third-order valence-electron chi connectivity index (χ3n) is 2.22. The Morgan fingerprint density at radius 1 is 1.38 bits per heavy atom. The lowest BCUT2D eigenvalue weighted by Gasteiger charge is -2.12. The smallest absolute Gasteiger partial charge is 0.0370 e. The first kappa shape index (κ1) is 10.1. The van der Waals surface area contributed by atoms with E-state index < -0.39 is 0 Å². The van der Waals surface area contributed by atoms with Gasteiger partial charge in [-0.25, -0.2) is 0 Å². The van der Waals surface area contributed by atoms with Gasteiger partial charge < -0.3 is 11.1 Å². The maximum atomic E-state index is 5.81. The molecule has 2 nitrogen and oxygen atoms in total. The molecule has 13 heavy (non-hydrogen) atoms. The fourth-order valence-electron chi connectivity index (χ4n) is 1.16. The maximum Gasteiger partial charge on any atom is 0.0370 e. The van der Waals surface area contributed by atoms with Crippen LogP contribution in [0.3, 0.4) is 0 Å². The van der Waals surface area contributed by atoms with Crippen molar-refractivity contribution in [1.82, 2.24) is 0 Å². The van der Waals surface area contributed by atoms with Gasteiger partial charge in [-0.1, -0.05) is 25.1 Å². The normalized spacial score (nSPS) is 12.5. The molecule has 72 valence electrons. The van der Waals surface area contributed by atoms with Crippen molar-refractivity contribution < 1.29 is 0 Å². The van der Waals surface area contributed by atoms with E-state index in [0.717, 1.165) is 13.0 Å². The maximum absolute atomic E-state index is 5.81. The fraction of sp³-hybridized carbons (Fsp3) is 0.455. The van der Waals surface area contributed by atoms with E-state index in [9.17, 15) is 0 Å². The van der Waals surface area contributed by atoms with Crippen LogP contribution in [0.15, 0.2) is 24.3 Å². The van der Waals surface area contributed by atoms with Crippen LogP contribution in [-0.2, 0) is 0 Å². The molecular weight excluding hydrogens is 160 g/mol. The Balaban J connectivity index is 2.50. The van der Waals surface area contributed by atoms with Gasteiger partial charge in [0.2, 0.25) is 0 Å². The molecule has 1 unspecified atom stereocenters. The number of nitrogens with one attached hydrogen (secondary N) is 1. The molecule has 1 aromatic carbocycles. The number of rotatable bonds is 4. The standard InChI is InChI=1S/C11H18N2/c1-3-10(12)8-13-11-7-5-4-6-9(11)2/h4-7,10,13H,3,8,12H2,1-2H3. The Hall–Kier alpha value is -1.02. The molecule has 0 aliphatic rings. The zero-order valence-corrected chi connectivity index (χ0v) is 8.38. The lowest BCUT2D eigenvalue weighted by Crippen LogP contribution is -2.28. The molecule has 1 aromatic rings. The zero-order valence-electron chi connectivity index (χ0n) is 8.38. The van der Waals surface area contributed by atoms with Gasteiger partial charge in [-0.2, -0.15) is 0 Å². The van der Waals surface area contributed by atoms with Crippen molar-refractivity contribution >= 4 is 5.69 Å². The molecule has 0 spiro atoms. The van der Waals surface area contributed by atoms with Crippen molar-refractivity contribution in [2.75, 3.05) is 11.9 Å². The first-order valence-electron chi connectivity index (χ1n) is 4.79. The van der Waals surface area contributed by atoms with Crippen molar-refractivity contribution in [2.45, 2.75) is 26.3 Å². The van der Waals surface area contributed by atoms with E-state index in [1.807, 2.05) is 12.1 Å². The van der Waals surface area contributed by atoms with E-state index in [4.69, 9.17) is 5.73 Å². The summed E-state index contributed by atoms with van der Waals surface area (Å²) in [5, 5.41) is 3.34. The van der Waals surface area contributed by atoms with Gasteiger partial charge >= 0.3 is 0 Å². The van der Waals surface area contributed by atoms with Crippen LogP contribution in [0.1, 0.15) is 18.9 Å². The second-order valence-electron chi connectivity index (χ2n) is 3.36. The second kappa shape index (κ2) is 4.87. The number of hydrogen-bond acceptors (Lipinski definition) is 2. The summed E-state index contributed by atoms with van der Waals surface area (Å²) in [6, 6.07) is 8.50. The summed E-state index contributed by atoms with van der Waals surface area (Å²) < 4.78 is 0. The number of anilines is 1. The Bertz CT molecular complexity index is 258. The molecule has 0 aromatic heterocycles. The number of para-hydroxylation sites is 1. The molecule has 0 amide bonds. The van der Waals surface area contributed by atoms with Crippen molar-refractivity contribution in [3.63, 3.8) is 0 Å². The lowest BCUT2D eigenvalue weighted by molar-refractivity contribution is 0.679. The van der Waals surface area contributed by atoms with Crippen LogP contribution >= 0.6 is 0 Å². The quantitative estimate of drug-likeness (QED) is 0.741. The zero-order chi connectivity index (χ0) is 9.68. The predicted molar refractivity (Wildman–Crippen MR) is 57.9 cm³/mol. The molecule has 0 heterocycles. The molecule has 1 atom stereocenters. The number of nitrogens with two attached hydrogens (primary N) is 1. The van der Waals surface area contributed by atoms with Gasteiger partial charge in [-0.15, -0.1) is 0 Å². The number of hydrogen-bond donors (Lipinski definition) is 2. The minimum Gasteiger partial charge on any atom is -0.383 e. The number of benzene rings is 1. The SMILES string of the molecule is CCC(N)CNc1ccccc1C. The van der Waals surface area contributed by atoms with Crippen LogP contribution in [-0.4, -0.2) is 12.6 Å². The summed E-state index contributed by atoms with van der Waals surface area (Å²) in [4.78, 5) is 0. The molecule has 0 radical (unpaired) electrons. The van der Waals surface area contributed by atoms with Gasteiger partial charge in [-0.3, -0.25) is 0 Å². The van der Waals surface area contributed by atoms with Gasteiger partial charge in [0.15, 0.2) is 0 Å². The van der Waals surface area contributed by atoms with E-state index in [2.05, 4.69) is 31.3 Å². The van der Waals surface area contributed by atoms with E-state index in [1.54, 1.807) is 0 Å². The molecule has 0 aliphatic heterocycles. The highest BCUT2D eigenvalue weighted by Crippen LogP contribution is 2.12. The topological polar surface area (TPSA) is 38.0 Å². The molecule has 0 saturated carbocycles. The van der Waals surface area contributed by atoms with E-state index in [1.165, 1.54) is 11.3 Å². The molecule has 0 aliphatic carbocycles. The van der Waals surface area contributed by atoms with Gasteiger partial charge in [0.1, 0.15) is 0 Å². The average Bonchev–Trinajstić information content (AvgIpc) is 2.16. The first-order chi connectivity index (χ1) is 6.24. The average molecular weight is 178 g/mol. The van der Waals surface area contributed by atoms with Crippen molar-refractivity contribution in [3.8, 4) is 0 Å². The lowest BCUT2D eigenvalue weighted by atomic mass is 10.2. The molecular formula is C11H18N2. The van der Waals surface area contributed by atoms with Crippen LogP contribution in [0.2, 0.25) is 0 Å². The monoisotopic (exact) mass is 178 g/mol. The molecule has 1 rings (SSSR count). The summed E-state index contributed by atoms with van der Waals surface area (Å²) >= 11 is 0. The fourth-order valence-corrected chi connectivity index (χ4v) is 1.16. The Morgan fingerprint density at radius 2 is 2.08 bits per heavy atom. The third-order valence-corrected chi connectivity index (χ3v) is 2.22. The van der Waals surface area contributed by atoms with E-state index in [-0.39, 0.29) is 6.04 Å². The summed E-state index contributed by atoms with van der Waals surface area (Å²) in [6.45, 7) is 5.05. The predicted octanol–water partition coefficient (Wildman–Crippen LogP) is 2.14. The molecule has 3 N–H and O–H groups in total. The molecule has 0 saturated heterocycles. The molecule has 0 bridgehead atoms. The van der Waals surface area contributed by atoms with Crippen LogP contribution in [0.5, 0.6) is 0 Å². The summed E-state index contributed by atoms with van der Waals surface area (Å²) in [5.41, 5.74) is 8.26. The molecule has 2 heteroatoms. The van der Waals surface area contributed by atoms with Gasteiger partial charge in [-0.05, 0) is 25.0 Å². The van der Waals surface area contributed by atoms with Gasteiger partial charge in [0.05, 0.1) is 0 Å².